The predicted molar refractivity (Wildman–Crippen MR) is 108 cm³/mol. The van der Waals surface area contributed by atoms with Crippen LogP contribution in [-0.4, -0.2) is 55.2 Å². The number of aryl methyl sites for hydroxylation is 1. The van der Waals surface area contributed by atoms with Crippen LogP contribution in [0.4, 0.5) is 45.1 Å². The van der Waals surface area contributed by atoms with E-state index in [1.807, 2.05) is 0 Å². The number of nitrogens with one attached hydrogen (secondary N) is 2. The summed E-state index contributed by atoms with van der Waals surface area (Å²) in [5.41, 5.74) is -0.00407. The average molecular weight is 442 g/mol. The Kier molecular flexibility index (Phi) is 5.63. The number of hydrogen-bond acceptors (Lipinski definition) is 6. The largest absolute Gasteiger partial charge is 0.416 e. The van der Waals surface area contributed by atoms with E-state index < -0.39 is 24.2 Å². The molecule has 0 aromatic carbocycles. The first-order valence-corrected chi connectivity index (χ1v) is 10.0. The third-order valence-corrected chi connectivity index (χ3v) is 5.44. The maximum absolute atomic E-state index is 13.8. The molecule has 0 radical (unpaired) electrons. The molecular weight excluding hydrogens is 419 g/mol. The number of hydrogen-bond donors (Lipinski definition) is 2. The molecule has 2 aliphatic heterocycles. The minimum absolute atomic E-state index is 0.0133. The van der Waals surface area contributed by atoms with Gasteiger partial charge in [0.05, 0.1) is 12.1 Å². The van der Waals surface area contributed by atoms with Crippen LogP contribution in [0.15, 0.2) is 24.4 Å². The highest BCUT2D eigenvalue weighted by atomic mass is 19.4. The Bertz CT molecular complexity index is 942. The third-order valence-electron chi connectivity index (χ3n) is 5.44. The van der Waals surface area contributed by atoms with Crippen LogP contribution in [0.3, 0.4) is 0 Å². The van der Waals surface area contributed by atoms with Gasteiger partial charge in [-0.25, -0.2) is 18.7 Å². The molecular formula is C20H23F5N6. The zero-order chi connectivity index (χ0) is 22.2. The highest BCUT2D eigenvalue weighted by Gasteiger charge is 2.39. The Hall–Kier alpha value is -2.69. The molecule has 4 rings (SSSR count). The summed E-state index contributed by atoms with van der Waals surface area (Å²) < 4.78 is 67.3. The molecule has 168 valence electrons. The van der Waals surface area contributed by atoms with E-state index in [1.54, 1.807) is 12.1 Å². The first-order valence-electron chi connectivity index (χ1n) is 10.0. The summed E-state index contributed by atoms with van der Waals surface area (Å²) >= 11 is 0. The van der Waals surface area contributed by atoms with E-state index in [2.05, 4.69) is 25.5 Å². The van der Waals surface area contributed by atoms with Crippen LogP contribution in [0.25, 0.3) is 0 Å². The van der Waals surface area contributed by atoms with Gasteiger partial charge in [-0.05, 0) is 18.6 Å². The standard InChI is InChI=1S/C20H23F5N6/c1-13-11-27-16(10-15(13)20(23,24)25)28-17-8-14(30-6-3-26-4-7-30)9-18(29-17)31-5-2-19(21,22)12-31/h8-11,26H,2-7,12H2,1H3,(H,27,28,29). The van der Waals surface area contributed by atoms with Gasteiger partial charge in [-0.2, -0.15) is 13.2 Å². The first-order chi connectivity index (χ1) is 14.6. The van der Waals surface area contributed by atoms with E-state index in [0.717, 1.165) is 44.1 Å². The number of alkyl halides is 5. The zero-order valence-electron chi connectivity index (χ0n) is 16.9. The van der Waals surface area contributed by atoms with E-state index in [0.29, 0.717) is 5.82 Å². The van der Waals surface area contributed by atoms with Gasteiger partial charge in [0.1, 0.15) is 17.5 Å². The van der Waals surface area contributed by atoms with Crippen molar-refractivity contribution in [1.82, 2.24) is 15.3 Å². The van der Waals surface area contributed by atoms with Crippen molar-refractivity contribution in [3.8, 4) is 0 Å². The van der Waals surface area contributed by atoms with Crippen molar-refractivity contribution in [2.75, 3.05) is 54.4 Å². The van der Waals surface area contributed by atoms with Crippen LogP contribution in [0.5, 0.6) is 0 Å². The Morgan fingerprint density at radius 1 is 1.03 bits per heavy atom. The maximum Gasteiger partial charge on any atom is 0.416 e. The molecule has 2 saturated heterocycles. The Morgan fingerprint density at radius 2 is 1.77 bits per heavy atom. The average Bonchev–Trinajstić information content (AvgIpc) is 3.09. The van der Waals surface area contributed by atoms with Gasteiger partial charge in [-0.3, -0.25) is 0 Å². The van der Waals surface area contributed by atoms with Crippen LogP contribution in [-0.2, 0) is 6.18 Å². The van der Waals surface area contributed by atoms with Crippen molar-refractivity contribution < 1.29 is 22.0 Å². The van der Waals surface area contributed by atoms with E-state index in [1.165, 1.54) is 11.8 Å². The quantitative estimate of drug-likeness (QED) is 0.703. The van der Waals surface area contributed by atoms with Gasteiger partial charge in [0.25, 0.3) is 5.92 Å². The summed E-state index contributed by atoms with van der Waals surface area (Å²) in [5.74, 6) is -2.19. The highest BCUT2D eigenvalue weighted by Crippen LogP contribution is 2.35. The summed E-state index contributed by atoms with van der Waals surface area (Å²) in [5, 5.41) is 6.08. The van der Waals surface area contributed by atoms with Gasteiger partial charge in [-0.15, -0.1) is 0 Å². The number of halogens is 5. The lowest BCUT2D eigenvalue weighted by atomic mass is 10.1. The number of pyridine rings is 2. The summed E-state index contributed by atoms with van der Waals surface area (Å²) in [7, 11) is 0. The Morgan fingerprint density at radius 3 is 2.42 bits per heavy atom. The number of anilines is 4. The van der Waals surface area contributed by atoms with Crippen molar-refractivity contribution >= 4 is 23.1 Å². The van der Waals surface area contributed by atoms with E-state index >= 15 is 0 Å². The SMILES string of the molecule is Cc1cnc(Nc2cc(N3CCNCC3)cc(N3CCC(F)(F)C3)n2)cc1C(F)(F)F. The van der Waals surface area contributed by atoms with Gasteiger partial charge in [-0.1, -0.05) is 0 Å². The van der Waals surface area contributed by atoms with Crippen molar-refractivity contribution in [1.29, 1.82) is 0 Å². The van der Waals surface area contributed by atoms with Crippen molar-refractivity contribution in [3.63, 3.8) is 0 Å². The first kappa shape index (κ1) is 21.5. The molecule has 2 aromatic heterocycles. The zero-order valence-corrected chi connectivity index (χ0v) is 16.9. The normalized spacial score (nSPS) is 19.0. The molecule has 0 atom stereocenters. The topological polar surface area (TPSA) is 56.3 Å². The molecule has 0 amide bonds. The minimum Gasteiger partial charge on any atom is -0.369 e. The molecule has 2 aromatic rings. The molecule has 6 nitrogen and oxygen atoms in total. The van der Waals surface area contributed by atoms with Gasteiger partial charge in [0.2, 0.25) is 0 Å². The molecule has 0 spiro atoms. The highest BCUT2D eigenvalue weighted by molar-refractivity contribution is 5.66. The molecule has 0 bridgehead atoms. The Balaban J connectivity index is 1.67. The number of piperazine rings is 1. The molecule has 31 heavy (non-hydrogen) atoms. The summed E-state index contributed by atoms with van der Waals surface area (Å²) in [6, 6.07) is 4.39. The van der Waals surface area contributed by atoms with Gasteiger partial charge in [0.15, 0.2) is 0 Å². The van der Waals surface area contributed by atoms with Crippen LogP contribution in [0, 0.1) is 6.92 Å². The van der Waals surface area contributed by atoms with E-state index in [-0.39, 0.29) is 30.2 Å². The van der Waals surface area contributed by atoms with Gasteiger partial charge in [0, 0.05) is 63.2 Å². The van der Waals surface area contributed by atoms with Crippen LogP contribution in [0.1, 0.15) is 17.5 Å². The molecule has 2 aliphatic rings. The molecule has 2 fully saturated rings. The smallest absolute Gasteiger partial charge is 0.369 e. The second-order valence-electron chi connectivity index (χ2n) is 7.84. The lowest BCUT2D eigenvalue weighted by Crippen LogP contribution is -2.43. The van der Waals surface area contributed by atoms with Crippen LogP contribution >= 0.6 is 0 Å². The van der Waals surface area contributed by atoms with Crippen molar-refractivity contribution in [3.05, 3.63) is 35.5 Å². The fourth-order valence-corrected chi connectivity index (χ4v) is 3.79. The van der Waals surface area contributed by atoms with Gasteiger partial charge < -0.3 is 20.4 Å². The predicted octanol–water partition coefficient (Wildman–Crippen LogP) is 3.80. The fraction of sp³-hybridized carbons (Fsp3) is 0.500. The molecule has 0 aliphatic carbocycles. The lowest BCUT2D eigenvalue weighted by Gasteiger charge is -2.30. The van der Waals surface area contributed by atoms with E-state index in [9.17, 15) is 22.0 Å². The third kappa shape index (κ3) is 4.97. The second kappa shape index (κ2) is 8.10. The number of rotatable bonds is 4. The minimum atomic E-state index is -4.51. The molecule has 0 unspecified atom stereocenters. The van der Waals surface area contributed by atoms with Crippen molar-refractivity contribution in [2.24, 2.45) is 0 Å². The fourth-order valence-electron chi connectivity index (χ4n) is 3.79. The van der Waals surface area contributed by atoms with Gasteiger partial charge >= 0.3 is 6.18 Å². The van der Waals surface area contributed by atoms with E-state index in [4.69, 9.17) is 0 Å². The molecule has 11 heteroatoms. The lowest BCUT2D eigenvalue weighted by molar-refractivity contribution is -0.138. The molecule has 4 heterocycles. The van der Waals surface area contributed by atoms with Crippen LogP contribution in [0.2, 0.25) is 0 Å². The monoisotopic (exact) mass is 442 g/mol. The molecule has 2 N–H and O–H groups in total. The molecule has 0 saturated carbocycles. The Labute approximate surface area is 176 Å². The second-order valence-corrected chi connectivity index (χ2v) is 7.84. The number of aromatic nitrogens is 2. The summed E-state index contributed by atoms with van der Waals surface area (Å²) in [6.07, 6.45) is -3.62. The number of nitrogens with zero attached hydrogens (tertiary/aromatic N) is 4. The van der Waals surface area contributed by atoms with Crippen LogP contribution < -0.4 is 20.4 Å². The summed E-state index contributed by atoms with van der Waals surface area (Å²) in [6.45, 7) is 4.05. The maximum atomic E-state index is 13.8. The summed E-state index contributed by atoms with van der Waals surface area (Å²) in [4.78, 5) is 12.0. The van der Waals surface area contributed by atoms with Crippen molar-refractivity contribution in [2.45, 2.75) is 25.4 Å².